The molecule has 0 aromatic carbocycles. The van der Waals surface area contributed by atoms with Crippen LogP contribution in [0.1, 0.15) is 59.3 Å². The van der Waals surface area contributed by atoms with E-state index in [2.05, 4.69) is 0 Å². The van der Waals surface area contributed by atoms with E-state index in [1.165, 1.54) is 19.3 Å². The van der Waals surface area contributed by atoms with Gasteiger partial charge in [0, 0.05) is 0 Å². The highest BCUT2D eigenvalue weighted by molar-refractivity contribution is 5.77. The number of rotatable bonds is 9. The van der Waals surface area contributed by atoms with Crippen molar-refractivity contribution in [3.8, 4) is 0 Å². The third kappa shape index (κ3) is 4.70. The molecule has 6 atom stereocenters. The number of carbonyl (C=O) groups is 1. The van der Waals surface area contributed by atoms with Crippen molar-refractivity contribution >= 4 is 5.97 Å². The number of hydrogen-bond acceptors (Lipinski definition) is 9. The Morgan fingerprint density at radius 2 is 1.70 bits per heavy atom. The number of hydrogen-bond donors (Lipinski definition) is 2. The van der Waals surface area contributed by atoms with Gasteiger partial charge in [0.25, 0.3) is 0 Å². The molecule has 2 unspecified atom stereocenters. The summed E-state index contributed by atoms with van der Waals surface area (Å²) >= 11 is 0. The summed E-state index contributed by atoms with van der Waals surface area (Å²) in [5.41, 5.74) is -0.271. The Bertz CT molecular complexity index is 689. The summed E-state index contributed by atoms with van der Waals surface area (Å²) in [7, 11) is 0. The van der Waals surface area contributed by atoms with E-state index in [0.29, 0.717) is 17.8 Å². The molecular weight excluding hydrogens is 432 g/mol. The first-order valence-corrected chi connectivity index (χ1v) is 12.4. The minimum absolute atomic E-state index is 0.0596. The Morgan fingerprint density at radius 3 is 2.30 bits per heavy atom. The molecule has 2 aliphatic heterocycles. The molecule has 2 N–H and O–H groups in total. The Morgan fingerprint density at radius 1 is 1.06 bits per heavy atom. The summed E-state index contributed by atoms with van der Waals surface area (Å²) in [5.74, 6) is 1.19. The van der Waals surface area contributed by atoms with Crippen LogP contribution in [0.3, 0.4) is 0 Å². The minimum atomic E-state index is -1.13. The molecular formula is C24H38O9. The number of carbonyl (C=O) groups excluding carboxylic acids is 1. The summed E-state index contributed by atoms with van der Waals surface area (Å²) in [6.45, 7) is 5.21. The second kappa shape index (κ2) is 9.00. The van der Waals surface area contributed by atoms with Gasteiger partial charge in [-0.05, 0) is 77.0 Å². The van der Waals surface area contributed by atoms with Crippen molar-refractivity contribution in [2.24, 2.45) is 23.2 Å². The molecule has 4 aliphatic carbocycles. The smallest absolute Gasteiger partial charge is 0.312 e. The molecule has 9 nitrogen and oxygen atoms in total. The van der Waals surface area contributed by atoms with Gasteiger partial charge in [-0.1, -0.05) is 0 Å². The van der Waals surface area contributed by atoms with Crippen molar-refractivity contribution in [2.45, 2.75) is 102 Å². The van der Waals surface area contributed by atoms with Crippen LogP contribution >= 0.6 is 0 Å². The predicted molar refractivity (Wildman–Crippen MR) is 114 cm³/mol. The zero-order chi connectivity index (χ0) is 23.4. The first kappa shape index (κ1) is 23.9. The average Bonchev–Trinajstić information content (AvgIpc) is 3.21. The van der Waals surface area contributed by atoms with Gasteiger partial charge in [0.05, 0.1) is 18.6 Å². The normalized spacial score (nSPS) is 44.6. The predicted octanol–water partition coefficient (Wildman–Crippen LogP) is 1.72. The van der Waals surface area contributed by atoms with Crippen LogP contribution in [-0.4, -0.2) is 78.8 Å². The highest BCUT2D eigenvalue weighted by Crippen LogP contribution is 2.60. The summed E-state index contributed by atoms with van der Waals surface area (Å²) in [5, 5.41) is 19.5. The first-order chi connectivity index (χ1) is 15.7. The fraction of sp³-hybridized carbons (Fsp3) is 0.958. The number of ether oxygens (including phenoxy) is 6. The second-order valence-corrected chi connectivity index (χ2v) is 11.2. The number of aliphatic hydroxyl groups is 2. The molecule has 0 aromatic rings. The fourth-order valence-electron chi connectivity index (χ4n) is 7.20. The second-order valence-electron chi connectivity index (χ2n) is 11.2. The zero-order valence-corrected chi connectivity index (χ0v) is 19.8. The summed E-state index contributed by atoms with van der Waals surface area (Å²) < 4.78 is 34.8. The summed E-state index contributed by atoms with van der Waals surface area (Å²) in [6.07, 6.45) is 2.29. The van der Waals surface area contributed by atoms with Crippen LogP contribution in [0.15, 0.2) is 0 Å². The van der Waals surface area contributed by atoms with E-state index < -0.39 is 49.4 Å². The lowest BCUT2D eigenvalue weighted by Gasteiger charge is -2.55. The molecule has 4 saturated carbocycles. The van der Waals surface area contributed by atoms with Crippen LogP contribution in [0, 0.1) is 23.2 Å². The molecule has 188 valence electrons. The van der Waals surface area contributed by atoms with Gasteiger partial charge in [0.1, 0.15) is 31.0 Å². The molecule has 9 heteroatoms. The standard InChI is InChI=1S/C24H38O9/c1-13(30-19-18(17(26)12-25)31-21-20(19)32-23(2,3)33-21)28-4-5-29-22(27)24-9-14-6-15(10-24)8-16(7-14)11-24/h13-21,25-26H,4-12H2,1-3H3/t13?,14?,15?,16?,17?,18-,19+,20-,21-,24?/m1/s1. The third-order valence-electron chi connectivity index (χ3n) is 8.08. The van der Waals surface area contributed by atoms with Gasteiger partial charge in [-0.15, -0.1) is 0 Å². The van der Waals surface area contributed by atoms with Gasteiger partial charge in [-0.3, -0.25) is 4.79 Å². The zero-order valence-electron chi connectivity index (χ0n) is 19.8. The Kier molecular flexibility index (Phi) is 6.52. The Labute approximate surface area is 195 Å². The maximum Gasteiger partial charge on any atom is 0.312 e. The highest BCUT2D eigenvalue weighted by Gasteiger charge is 2.58. The monoisotopic (exact) mass is 470 g/mol. The molecule has 4 bridgehead atoms. The topological polar surface area (TPSA) is 113 Å². The lowest BCUT2D eigenvalue weighted by molar-refractivity contribution is -0.250. The van der Waals surface area contributed by atoms with Crippen LogP contribution < -0.4 is 0 Å². The Balaban J connectivity index is 1.09. The quantitative estimate of drug-likeness (QED) is 0.295. The largest absolute Gasteiger partial charge is 0.463 e. The van der Waals surface area contributed by atoms with Crippen LogP contribution in [-0.2, 0) is 33.2 Å². The molecule has 0 amide bonds. The van der Waals surface area contributed by atoms with Crippen molar-refractivity contribution in [3.63, 3.8) is 0 Å². The van der Waals surface area contributed by atoms with Gasteiger partial charge >= 0.3 is 5.97 Å². The molecule has 0 radical (unpaired) electrons. The van der Waals surface area contributed by atoms with Crippen molar-refractivity contribution in [3.05, 3.63) is 0 Å². The van der Waals surface area contributed by atoms with E-state index in [1.54, 1.807) is 20.8 Å². The minimum Gasteiger partial charge on any atom is -0.463 e. The van der Waals surface area contributed by atoms with Gasteiger partial charge in [-0.2, -0.15) is 0 Å². The molecule has 33 heavy (non-hydrogen) atoms. The molecule has 6 rings (SSSR count). The fourth-order valence-corrected chi connectivity index (χ4v) is 7.20. The van der Waals surface area contributed by atoms with E-state index >= 15 is 0 Å². The van der Waals surface area contributed by atoms with Gasteiger partial charge in [0.2, 0.25) is 0 Å². The maximum absolute atomic E-state index is 12.9. The average molecular weight is 471 g/mol. The van der Waals surface area contributed by atoms with Crippen molar-refractivity contribution in [1.82, 2.24) is 0 Å². The molecule has 0 spiro atoms. The molecule has 6 aliphatic rings. The van der Waals surface area contributed by atoms with Crippen molar-refractivity contribution in [1.29, 1.82) is 0 Å². The highest BCUT2D eigenvalue weighted by atomic mass is 16.8. The van der Waals surface area contributed by atoms with Gasteiger partial charge < -0.3 is 38.6 Å². The first-order valence-electron chi connectivity index (χ1n) is 12.4. The SMILES string of the molecule is CC(OCCOC(=O)C12CC3CC(CC(C3)C1)C2)O[C@@H]1[C@H]2OC(C)(C)O[C@H]2O[C@@H]1C(O)CO. The maximum atomic E-state index is 12.9. The molecule has 6 fully saturated rings. The molecule has 2 saturated heterocycles. The van der Waals surface area contributed by atoms with Crippen LogP contribution in [0.2, 0.25) is 0 Å². The van der Waals surface area contributed by atoms with E-state index in [4.69, 9.17) is 28.4 Å². The third-order valence-corrected chi connectivity index (χ3v) is 8.08. The van der Waals surface area contributed by atoms with E-state index in [9.17, 15) is 15.0 Å². The molecule has 0 aromatic heterocycles. The summed E-state index contributed by atoms with van der Waals surface area (Å²) in [6, 6.07) is 0. The molecule has 2 heterocycles. The number of esters is 1. The van der Waals surface area contributed by atoms with Crippen LogP contribution in [0.5, 0.6) is 0 Å². The Hall–Kier alpha value is -0.810. The van der Waals surface area contributed by atoms with E-state index in [1.807, 2.05) is 0 Å². The van der Waals surface area contributed by atoms with Crippen LogP contribution in [0.4, 0.5) is 0 Å². The van der Waals surface area contributed by atoms with Crippen molar-refractivity contribution < 1.29 is 43.4 Å². The number of fused-ring (bicyclic) bond motifs is 1. The van der Waals surface area contributed by atoms with E-state index in [-0.39, 0.29) is 24.6 Å². The van der Waals surface area contributed by atoms with Gasteiger partial charge in [-0.25, -0.2) is 0 Å². The van der Waals surface area contributed by atoms with Crippen molar-refractivity contribution in [2.75, 3.05) is 19.8 Å². The number of aliphatic hydroxyl groups excluding tert-OH is 2. The lowest BCUT2D eigenvalue weighted by Crippen LogP contribution is -2.50. The lowest BCUT2D eigenvalue weighted by atomic mass is 9.49. The van der Waals surface area contributed by atoms with Crippen LogP contribution in [0.25, 0.3) is 0 Å². The van der Waals surface area contributed by atoms with E-state index in [0.717, 1.165) is 19.3 Å². The summed E-state index contributed by atoms with van der Waals surface area (Å²) in [4.78, 5) is 12.9. The van der Waals surface area contributed by atoms with Gasteiger partial charge in [0.15, 0.2) is 18.4 Å².